The largest absolute Gasteiger partial charge is 0.313 e. The van der Waals surface area contributed by atoms with Crippen LogP contribution in [-0.2, 0) is 13.0 Å². The lowest BCUT2D eigenvalue weighted by molar-refractivity contribution is 0.541. The van der Waals surface area contributed by atoms with Crippen LogP contribution in [0.5, 0.6) is 0 Å². The molecule has 1 heterocycles. The normalized spacial score (nSPS) is 12.7. The Labute approximate surface area is 126 Å². The number of hydrogen-bond acceptors (Lipinski definition) is 2. The van der Waals surface area contributed by atoms with Gasteiger partial charge in [0.1, 0.15) is 0 Å². The van der Waals surface area contributed by atoms with Crippen molar-refractivity contribution in [3.05, 3.63) is 51.8 Å². The number of halogens is 1. The van der Waals surface area contributed by atoms with Crippen LogP contribution in [0, 0.1) is 13.8 Å². The molecule has 0 amide bonds. The Morgan fingerprint density at radius 1 is 1.35 bits per heavy atom. The number of nitrogens with one attached hydrogen (secondary N) is 1. The lowest BCUT2D eigenvalue weighted by atomic mass is 10.00. The summed E-state index contributed by atoms with van der Waals surface area (Å²) in [5.74, 6) is 0. The van der Waals surface area contributed by atoms with Gasteiger partial charge in [-0.25, -0.2) is 0 Å². The van der Waals surface area contributed by atoms with Crippen LogP contribution in [0.15, 0.2) is 24.3 Å². The van der Waals surface area contributed by atoms with Crippen molar-refractivity contribution in [2.75, 3.05) is 7.05 Å². The Morgan fingerprint density at radius 2 is 2.10 bits per heavy atom. The fraction of sp³-hybridized carbons (Fsp3) is 0.438. The highest BCUT2D eigenvalue weighted by Gasteiger charge is 2.18. The number of nitrogens with zero attached hydrogens (tertiary/aromatic N) is 2. The molecule has 0 bridgehead atoms. The third kappa shape index (κ3) is 3.05. The molecule has 108 valence electrons. The molecule has 1 unspecified atom stereocenters. The highest BCUT2D eigenvalue weighted by atomic mass is 35.5. The van der Waals surface area contributed by atoms with Crippen molar-refractivity contribution in [2.24, 2.45) is 0 Å². The average Bonchev–Trinajstić information content (AvgIpc) is 2.71. The highest BCUT2D eigenvalue weighted by Crippen LogP contribution is 2.26. The van der Waals surface area contributed by atoms with Gasteiger partial charge in [0.15, 0.2) is 0 Å². The van der Waals surface area contributed by atoms with Gasteiger partial charge in [-0.05, 0) is 33.4 Å². The van der Waals surface area contributed by atoms with Crippen molar-refractivity contribution in [3.63, 3.8) is 0 Å². The fourth-order valence-electron chi connectivity index (χ4n) is 2.53. The second kappa shape index (κ2) is 6.42. The molecule has 0 radical (unpaired) electrons. The van der Waals surface area contributed by atoms with Gasteiger partial charge in [0, 0.05) is 19.0 Å². The van der Waals surface area contributed by atoms with E-state index in [4.69, 9.17) is 11.6 Å². The molecule has 1 N–H and O–H groups in total. The SMILES string of the molecule is CCn1nc(C)c(Cl)c1CC(NC)c1cccc(C)c1. The summed E-state index contributed by atoms with van der Waals surface area (Å²) in [7, 11) is 1.99. The molecular formula is C16H22ClN3. The van der Waals surface area contributed by atoms with E-state index in [-0.39, 0.29) is 6.04 Å². The van der Waals surface area contributed by atoms with E-state index in [1.54, 1.807) is 0 Å². The molecule has 4 heteroatoms. The molecule has 3 nitrogen and oxygen atoms in total. The van der Waals surface area contributed by atoms with Crippen molar-refractivity contribution in [1.82, 2.24) is 15.1 Å². The van der Waals surface area contributed by atoms with Crippen molar-refractivity contribution in [1.29, 1.82) is 0 Å². The average molecular weight is 292 g/mol. The molecule has 20 heavy (non-hydrogen) atoms. The molecule has 1 atom stereocenters. The lowest BCUT2D eigenvalue weighted by Crippen LogP contribution is -2.20. The van der Waals surface area contributed by atoms with Gasteiger partial charge in [-0.15, -0.1) is 0 Å². The Bertz CT molecular complexity index is 589. The number of rotatable bonds is 5. The zero-order valence-electron chi connectivity index (χ0n) is 12.6. The highest BCUT2D eigenvalue weighted by molar-refractivity contribution is 6.31. The third-order valence-corrected chi connectivity index (χ3v) is 4.13. The third-order valence-electron chi connectivity index (χ3n) is 3.64. The molecule has 0 fully saturated rings. The summed E-state index contributed by atoms with van der Waals surface area (Å²) in [5.41, 5.74) is 4.56. The second-order valence-electron chi connectivity index (χ2n) is 5.12. The molecular weight excluding hydrogens is 270 g/mol. The molecule has 2 aromatic rings. The molecule has 2 rings (SSSR count). The first kappa shape index (κ1) is 15.1. The van der Waals surface area contributed by atoms with Crippen LogP contribution >= 0.6 is 11.6 Å². The van der Waals surface area contributed by atoms with Crippen LogP contribution in [0.25, 0.3) is 0 Å². The Kier molecular flexibility index (Phi) is 4.84. The number of hydrogen-bond donors (Lipinski definition) is 1. The first-order chi connectivity index (χ1) is 9.56. The Morgan fingerprint density at radius 3 is 2.70 bits per heavy atom. The fourth-order valence-corrected chi connectivity index (χ4v) is 2.74. The number of benzene rings is 1. The second-order valence-corrected chi connectivity index (χ2v) is 5.50. The molecule has 0 aliphatic rings. The summed E-state index contributed by atoms with van der Waals surface area (Å²) in [5, 5.41) is 8.66. The van der Waals surface area contributed by atoms with E-state index in [0.717, 1.165) is 29.4 Å². The standard InChI is InChI=1S/C16H22ClN3/c1-5-20-15(16(17)12(3)19-20)10-14(18-4)13-8-6-7-11(2)9-13/h6-9,14,18H,5,10H2,1-4H3. The van der Waals surface area contributed by atoms with E-state index < -0.39 is 0 Å². The summed E-state index contributed by atoms with van der Waals surface area (Å²) >= 11 is 6.40. The van der Waals surface area contributed by atoms with Crippen molar-refractivity contribution < 1.29 is 0 Å². The number of aromatic nitrogens is 2. The van der Waals surface area contributed by atoms with Gasteiger partial charge >= 0.3 is 0 Å². The van der Waals surface area contributed by atoms with Gasteiger partial charge in [0.25, 0.3) is 0 Å². The smallest absolute Gasteiger partial charge is 0.0847 e. The quantitative estimate of drug-likeness (QED) is 0.911. The maximum absolute atomic E-state index is 6.40. The van der Waals surface area contributed by atoms with Crippen molar-refractivity contribution in [2.45, 2.75) is 39.8 Å². The Hall–Kier alpha value is -1.32. The van der Waals surface area contributed by atoms with Gasteiger partial charge in [-0.3, -0.25) is 4.68 Å². The number of likely N-dealkylation sites (N-methyl/N-ethyl adjacent to an activating group) is 1. The molecule has 0 saturated heterocycles. The minimum atomic E-state index is 0.244. The van der Waals surface area contributed by atoms with E-state index in [2.05, 4.69) is 48.5 Å². The van der Waals surface area contributed by atoms with Crippen molar-refractivity contribution >= 4 is 11.6 Å². The van der Waals surface area contributed by atoms with Gasteiger partial charge in [0.05, 0.1) is 16.4 Å². The predicted octanol–water partition coefficient (Wildman–Crippen LogP) is 3.68. The molecule has 1 aromatic heterocycles. The van der Waals surface area contributed by atoms with Gasteiger partial charge in [-0.2, -0.15) is 5.10 Å². The zero-order chi connectivity index (χ0) is 14.7. The maximum atomic E-state index is 6.40. The monoisotopic (exact) mass is 291 g/mol. The molecule has 1 aromatic carbocycles. The van der Waals surface area contributed by atoms with E-state index >= 15 is 0 Å². The zero-order valence-corrected chi connectivity index (χ0v) is 13.3. The molecule has 0 saturated carbocycles. The Balaban J connectivity index is 2.31. The lowest BCUT2D eigenvalue weighted by Gasteiger charge is -2.18. The van der Waals surface area contributed by atoms with Crippen LogP contribution in [-0.4, -0.2) is 16.8 Å². The number of aryl methyl sites for hydroxylation is 3. The van der Waals surface area contributed by atoms with E-state index in [1.807, 2.05) is 18.7 Å². The van der Waals surface area contributed by atoms with Crippen LogP contribution in [0.2, 0.25) is 5.02 Å². The first-order valence-electron chi connectivity index (χ1n) is 7.02. The summed E-state index contributed by atoms with van der Waals surface area (Å²) < 4.78 is 2.00. The maximum Gasteiger partial charge on any atom is 0.0847 e. The first-order valence-corrected chi connectivity index (χ1v) is 7.40. The summed E-state index contributed by atoms with van der Waals surface area (Å²) in [6, 6.07) is 8.83. The van der Waals surface area contributed by atoms with Gasteiger partial charge in [-0.1, -0.05) is 41.4 Å². The van der Waals surface area contributed by atoms with E-state index in [0.29, 0.717) is 0 Å². The van der Waals surface area contributed by atoms with Crippen LogP contribution in [0.4, 0.5) is 0 Å². The topological polar surface area (TPSA) is 29.9 Å². The van der Waals surface area contributed by atoms with Crippen LogP contribution in [0.3, 0.4) is 0 Å². The summed E-state index contributed by atoms with van der Waals surface area (Å²) in [6.07, 6.45) is 0.841. The van der Waals surface area contributed by atoms with Gasteiger partial charge < -0.3 is 5.32 Å². The molecule has 0 aliphatic carbocycles. The van der Waals surface area contributed by atoms with E-state index in [1.165, 1.54) is 11.1 Å². The van der Waals surface area contributed by atoms with Crippen molar-refractivity contribution in [3.8, 4) is 0 Å². The summed E-state index contributed by atoms with van der Waals surface area (Å²) in [6.45, 7) is 7.00. The van der Waals surface area contributed by atoms with E-state index in [9.17, 15) is 0 Å². The summed E-state index contributed by atoms with van der Waals surface area (Å²) in [4.78, 5) is 0. The van der Waals surface area contributed by atoms with Crippen LogP contribution < -0.4 is 5.32 Å². The predicted molar refractivity (Wildman–Crippen MR) is 84.3 cm³/mol. The minimum Gasteiger partial charge on any atom is -0.313 e. The van der Waals surface area contributed by atoms with Gasteiger partial charge in [0.2, 0.25) is 0 Å². The molecule has 0 aliphatic heterocycles. The van der Waals surface area contributed by atoms with Crippen LogP contribution in [0.1, 0.15) is 35.5 Å². The minimum absolute atomic E-state index is 0.244. The molecule has 0 spiro atoms.